The van der Waals surface area contributed by atoms with Crippen LogP contribution in [0.5, 0.6) is 0 Å². The van der Waals surface area contributed by atoms with E-state index in [4.69, 9.17) is 4.74 Å². The molecule has 0 atom stereocenters. The first kappa shape index (κ1) is 14.3. The van der Waals surface area contributed by atoms with E-state index in [1.807, 2.05) is 6.20 Å². The molecule has 5 heteroatoms. The minimum atomic E-state index is 0.412. The van der Waals surface area contributed by atoms with Gasteiger partial charge in [0.05, 0.1) is 12.7 Å². The van der Waals surface area contributed by atoms with Gasteiger partial charge in [-0.2, -0.15) is 0 Å². The van der Waals surface area contributed by atoms with Crippen molar-refractivity contribution in [3.8, 4) is 0 Å². The Balaban J connectivity index is 1.93. The maximum Gasteiger partial charge on any atom is 0.131 e. The zero-order valence-electron chi connectivity index (χ0n) is 10.5. The van der Waals surface area contributed by atoms with Gasteiger partial charge in [0.1, 0.15) is 5.82 Å². The first-order chi connectivity index (χ1) is 8.70. The van der Waals surface area contributed by atoms with E-state index in [1.165, 1.54) is 5.56 Å². The maximum absolute atomic E-state index is 5.76. The fourth-order valence-electron chi connectivity index (χ4n) is 2.31. The molecule has 0 aromatic carbocycles. The summed E-state index contributed by atoms with van der Waals surface area (Å²) in [6, 6.07) is 2.12. The molecule has 1 fully saturated rings. The highest BCUT2D eigenvalue weighted by Gasteiger charge is 2.21. The minimum absolute atomic E-state index is 0.412. The molecule has 0 bridgehead atoms. The van der Waals surface area contributed by atoms with Crippen molar-refractivity contribution < 1.29 is 4.74 Å². The van der Waals surface area contributed by atoms with Crippen molar-refractivity contribution in [3.63, 3.8) is 0 Å². The zero-order valence-corrected chi connectivity index (χ0v) is 13.7. The molecule has 1 aliphatic heterocycles. The number of aromatic nitrogens is 1. The lowest BCUT2D eigenvalue weighted by molar-refractivity contribution is 0.0480. The van der Waals surface area contributed by atoms with Crippen LogP contribution in [0.2, 0.25) is 0 Å². The van der Waals surface area contributed by atoms with Gasteiger partial charge in [-0.25, -0.2) is 4.98 Å². The molecule has 0 unspecified atom stereocenters. The number of ether oxygens (including phenoxy) is 1. The fourth-order valence-corrected chi connectivity index (χ4v) is 2.94. The normalized spacial score (nSPS) is 17.2. The Kier molecular flexibility index (Phi) is 5.45. The van der Waals surface area contributed by atoms with Crippen LogP contribution in [0.15, 0.2) is 16.7 Å². The number of hydrogen-bond acceptors (Lipinski definition) is 3. The van der Waals surface area contributed by atoms with Gasteiger partial charge in [-0.3, -0.25) is 0 Å². The molecule has 0 saturated carbocycles. The Bertz CT molecular complexity index is 393. The van der Waals surface area contributed by atoms with Gasteiger partial charge in [-0.15, -0.1) is 0 Å². The molecule has 0 radical (unpaired) electrons. The number of nitrogens with zero attached hydrogens (tertiary/aromatic N) is 2. The second-order valence-electron chi connectivity index (χ2n) is 4.54. The van der Waals surface area contributed by atoms with Gasteiger partial charge in [0.2, 0.25) is 0 Å². The van der Waals surface area contributed by atoms with E-state index < -0.39 is 0 Å². The van der Waals surface area contributed by atoms with Crippen LogP contribution in [0.25, 0.3) is 0 Å². The molecular formula is C13H18Br2N2O. The summed E-state index contributed by atoms with van der Waals surface area (Å²) in [7, 11) is 0. The van der Waals surface area contributed by atoms with Crippen LogP contribution in [0.1, 0.15) is 18.4 Å². The van der Waals surface area contributed by atoms with Crippen molar-refractivity contribution in [1.29, 1.82) is 0 Å². The van der Waals surface area contributed by atoms with E-state index in [9.17, 15) is 0 Å². The lowest BCUT2D eigenvalue weighted by atomic mass is 10.1. The number of halogens is 2. The lowest BCUT2D eigenvalue weighted by Gasteiger charge is -2.33. The Hall–Kier alpha value is -0.130. The highest BCUT2D eigenvalue weighted by atomic mass is 79.9. The summed E-state index contributed by atoms with van der Waals surface area (Å²) in [5, 5.41) is 0.917. The van der Waals surface area contributed by atoms with E-state index in [1.54, 1.807) is 0 Å². The van der Waals surface area contributed by atoms with Crippen LogP contribution < -0.4 is 4.90 Å². The van der Waals surface area contributed by atoms with Crippen LogP contribution in [0.4, 0.5) is 5.82 Å². The molecule has 1 aromatic rings. The molecule has 0 N–H and O–H groups in total. The molecule has 0 spiro atoms. The van der Waals surface area contributed by atoms with Gasteiger partial charge in [-0.05, 0) is 47.3 Å². The molecule has 18 heavy (non-hydrogen) atoms. The van der Waals surface area contributed by atoms with Crippen molar-refractivity contribution in [2.75, 3.05) is 29.9 Å². The summed E-state index contributed by atoms with van der Waals surface area (Å²) in [6.45, 7) is 4.98. The predicted octanol–water partition coefficient (Wildman–Crippen LogP) is 3.53. The van der Waals surface area contributed by atoms with Gasteiger partial charge in [0.15, 0.2) is 0 Å². The molecule has 1 aliphatic rings. The third-order valence-electron chi connectivity index (χ3n) is 3.19. The summed E-state index contributed by atoms with van der Waals surface area (Å²) in [5.74, 6) is 1.11. The van der Waals surface area contributed by atoms with Gasteiger partial charge < -0.3 is 9.64 Å². The van der Waals surface area contributed by atoms with E-state index in [0.29, 0.717) is 6.10 Å². The molecule has 1 aromatic heterocycles. The Labute approximate surface area is 125 Å². The highest BCUT2D eigenvalue weighted by molar-refractivity contribution is 9.10. The number of alkyl halides is 1. The van der Waals surface area contributed by atoms with Crippen molar-refractivity contribution in [2.45, 2.75) is 25.9 Å². The summed E-state index contributed by atoms with van der Waals surface area (Å²) in [6.07, 6.45) is 4.46. The highest BCUT2D eigenvalue weighted by Crippen LogP contribution is 2.24. The number of hydrogen-bond donors (Lipinski definition) is 0. The van der Waals surface area contributed by atoms with Crippen molar-refractivity contribution in [2.24, 2.45) is 0 Å². The second-order valence-corrected chi connectivity index (χ2v) is 6.25. The maximum atomic E-state index is 5.76. The Morgan fingerprint density at radius 3 is 2.78 bits per heavy atom. The summed E-state index contributed by atoms with van der Waals surface area (Å²) in [4.78, 5) is 6.88. The summed E-state index contributed by atoms with van der Waals surface area (Å²) in [5.41, 5.74) is 1.23. The van der Waals surface area contributed by atoms with Gasteiger partial charge in [-0.1, -0.05) is 15.9 Å². The SMILES string of the molecule is Cc1cc(Br)cnc1N1CCC(OCCBr)CC1. The average Bonchev–Trinajstić information content (AvgIpc) is 2.37. The number of pyridine rings is 1. The van der Waals surface area contributed by atoms with E-state index in [2.05, 4.69) is 54.7 Å². The van der Waals surface area contributed by atoms with Gasteiger partial charge in [0, 0.05) is 29.1 Å². The largest absolute Gasteiger partial charge is 0.377 e. The molecule has 2 rings (SSSR count). The predicted molar refractivity (Wildman–Crippen MR) is 81.7 cm³/mol. The van der Waals surface area contributed by atoms with E-state index in [-0.39, 0.29) is 0 Å². The topological polar surface area (TPSA) is 25.4 Å². The van der Waals surface area contributed by atoms with E-state index in [0.717, 1.165) is 48.2 Å². The van der Waals surface area contributed by atoms with Crippen molar-refractivity contribution in [3.05, 3.63) is 22.3 Å². The zero-order chi connectivity index (χ0) is 13.0. The molecule has 1 saturated heterocycles. The second kappa shape index (κ2) is 6.87. The third-order valence-corrected chi connectivity index (χ3v) is 3.95. The number of rotatable bonds is 4. The van der Waals surface area contributed by atoms with Crippen LogP contribution in [-0.2, 0) is 4.74 Å². The summed E-state index contributed by atoms with van der Waals surface area (Å²) < 4.78 is 6.81. The van der Waals surface area contributed by atoms with Gasteiger partial charge >= 0.3 is 0 Å². The first-order valence-electron chi connectivity index (χ1n) is 6.25. The number of piperidine rings is 1. The number of anilines is 1. The molecular weight excluding hydrogens is 360 g/mol. The Morgan fingerprint density at radius 1 is 1.44 bits per heavy atom. The van der Waals surface area contributed by atoms with Crippen LogP contribution in [0, 0.1) is 6.92 Å². The third kappa shape index (κ3) is 3.68. The average molecular weight is 378 g/mol. The smallest absolute Gasteiger partial charge is 0.131 e. The van der Waals surface area contributed by atoms with E-state index >= 15 is 0 Å². The standard InChI is InChI=1S/C13H18Br2N2O/c1-10-8-11(15)9-16-13(10)17-5-2-12(3-6-17)18-7-4-14/h8-9,12H,2-7H2,1H3. The van der Waals surface area contributed by atoms with Crippen molar-refractivity contribution in [1.82, 2.24) is 4.98 Å². The number of aryl methyl sites for hydroxylation is 1. The minimum Gasteiger partial charge on any atom is -0.377 e. The molecule has 100 valence electrons. The lowest BCUT2D eigenvalue weighted by Crippen LogP contribution is -2.38. The fraction of sp³-hybridized carbons (Fsp3) is 0.615. The Morgan fingerprint density at radius 2 is 2.17 bits per heavy atom. The van der Waals surface area contributed by atoms with Gasteiger partial charge in [0.25, 0.3) is 0 Å². The quantitative estimate of drug-likeness (QED) is 0.750. The molecule has 0 amide bonds. The summed E-state index contributed by atoms with van der Waals surface area (Å²) >= 11 is 6.84. The monoisotopic (exact) mass is 376 g/mol. The van der Waals surface area contributed by atoms with Crippen LogP contribution in [-0.4, -0.2) is 36.1 Å². The van der Waals surface area contributed by atoms with Crippen LogP contribution >= 0.6 is 31.9 Å². The van der Waals surface area contributed by atoms with Crippen LogP contribution in [0.3, 0.4) is 0 Å². The van der Waals surface area contributed by atoms with Crippen molar-refractivity contribution >= 4 is 37.7 Å². The molecule has 3 nitrogen and oxygen atoms in total. The molecule has 0 aliphatic carbocycles. The molecule has 2 heterocycles. The first-order valence-corrected chi connectivity index (χ1v) is 8.17.